The molecule has 0 saturated heterocycles. The third-order valence-corrected chi connectivity index (χ3v) is 4.71. The minimum absolute atomic E-state index is 0.0398. The molecule has 1 saturated carbocycles. The van der Waals surface area contributed by atoms with Crippen LogP contribution in [0.4, 0.5) is 5.69 Å². The van der Waals surface area contributed by atoms with Crippen LogP contribution in [0.3, 0.4) is 0 Å². The predicted octanol–water partition coefficient (Wildman–Crippen LogP) is 2.39. The maximum Gasteiger partial charge on any atom is 0.240 e. The fourth-order valence-corrected chi connectivity index (χ4v) is 3.57. The fraction of sp³-hybridized carbons (Fsp3) is 0.529. The summed E-state index contributed by atoms with van der Waals surface area (Å²) < 4.78 is 0. The number of hydrogen-bond donors (Lipinski definition) is 1. The van der Waals surface area contributed by atoms with Crippen molar-refractivity contribution in [2.75, 3.05) is 11.4 Å². The topological polar surface area (TPSA) is 56.1 Å². The summed E-state index contributed by atoms with van der Waals surface area (Å²) in [5, 5.41) is 12.3. The van der Waals surface area contributed by atoms with Gasteiger partial charge in [-0.15, -0.1) is 0 Å². The van der Waals surface area contributed by atoms with Crippen LogP contribution in [0.1, 0.15) is 38.2 Å². The van der Waals surface area contributed by atoms with E-state index in [0.717, 1.165) is 37.8 Å². The lowest BCUT2D eigenvalue weighted by atomic mass is 10.00. The number of carbonyl (C=O) groups excluding carboxylic acids is 1. The van der Waals surface area contributed by atoms with E-state index < -0.39 is 5.54 Å². The van der Waals surface area contributed by atoms with Crippen LogP contribution in [0.2, 0.25) is 0 Å². The SMILES string of the molecule is CC1Cc2ccccc2N1CC(=O)NC1(C#N)CCCC1. The van der Waals surface area contributed by atoms with Crippen molar-refractivity contribution in [3.63, 3.8) is 0 Å². The van der Waals surface area contributed by atoms with Crippen LogP contribution in [0, 0.1) is 11.3 Å². The monoisotopic (exact) mass is 283 g/mol. The Bertz CT molecular complexity index is 584. The number of nitrogens with one attached hydrogen (secondary N) is 1. The highest BCUT2D eigenvalue weighted by atomic mass is 16.2. The Kier molecular flexibility index (Phi) is 3.59. The molecule has 21 heavy (non-hydrogen) atoms. The van der Waals surface area contributed by atoms with Crippen molar-refractivity contribution in [1.29, 1.82) is 5.26 Å². The molecule has 0 aromatic heterocycles. The maximum atomic E-state index is 12.4. The van der Waals surface area contributed by atoms with Gasteiger partial charge in [0, 0.05) is 11.7 Å². The second-order valence-electron chi connectivity index (χ2n) is 6.26. The summed E-state index contributed by atoms with van der Waals surface area (Å²) >= 11 is 0. The molecule has 1 atom stereocenters. The van der Waals surface area contributed by atoms with Gasteiger partial charge in [0.05, 0.1) is 12.6 Å². The van der Waals surface area contributed by atoms with E-state index in [1.165, 1.54) is 5.56 Å². The standard InChI is InChI=1S/C17H21N3O/c1-13-10-14-6-2-3-7-15(14)20(13)11-16(21)19-17(12-18)8-4-5-9-17/h2-3,6-7,13H,4-5,8-11H2,1H3,(H,19,21). The van der Waals surface area contributed by atoms with Gasteiger partial charge in [0.2, 0.25) is 5.91 Å². The summed E-state index contributed by atoms with van der Waals surface area (Å²) in [7, 11) is 0. The molecule has 1 unspecified atom stereocenters. The van der Waals surface area contributed by atoms with Gasteiger partial charge in [-0.1, -0.05) is 18.2 Å². The number of nitriles is 1. The summed E-state index contributed by atoms with van der Waals surface area (Å²) in [6, 6.07) is 10.9. The number of fused-ring (bicyclic) bond motifs is 1. The van der Waals surface area contributed by atoms with Crippen molar-refractivity contribution in [3.8, 4) is 6.07 Å². The van der Waals surface area contributed by atoms with Gasteiger partial charge in [0.1, 0.15) is 5.54 Å². The van der Waals surface area contributed by atoms with Gasteiger partial charge >= 0.3 is 0 Å². The Balaban J connectivity index is 1.69. The number of hydrogen-bond acceptors (Lipinski definition) is 3. The van der Waals surface area contributed by atoms with Crippen molar-refractivity contribution >= 4 is 11.6 Å². The van der Waals surface area contributed by atoms with E-state index in [1.54, 1.807) is 0 Å². The Morgan fingerprint density at radius 3 is 2.86 bits per heavy atom. The molecule has 3 rings (SSSR count). The first kappa shape index (κ1) is 13.9. The number of carbonyl (C=O) groups is 1. The molecule has 1 fully saturated rings. The Morgan fingerprint density at radius 2 is 2.14 bits per heavy atom. The second kappa shape index (κ2) is 5.40. The molecule has 1 aromatic carbocycles. The van der Waals surface area contributed by atoms with Gasteiger partial charge in [-0.3, -0.25) is 4.79 Å². The molecule has 1 aliphatic carbocycles. The lowest BCUT2D eigenvalue weighted by molar-refractivity contribution is -0.121. The Morgan fingerprint density at radius 1 is 1.43 bits per heavy atom. The van der Waals surface area contributed by atoms with Gasteiger partial charge in [-0.05, 0) is 50.7 Å². The van der Waals surface area contributed by atoms with E-state index in [0.29, 0.717) is 12.6 Å². The van der Waals surface area contributed by atoms with E-state index in [9.17, 15) is 10.1 Å². The van der Waals surface area contributed by atoms with Crippen molar-refractivity contribution < 1.29 is 4.79 Å². The zero-order valence-electron chi connectivity index (χ0n) is 12.4. The Hall–Kier alpha value is -2.02. The minimum Gasteiger partial charge on any atom is -0.359 e. The van der Waals surface area contributed by atoms with Crippen LogP contribution in [0.25, 0.3) is 0 Å². The Labute approximate surface area is 125 Å². The van der Waals surface area contributed by atoms with Crippen molar-refractivity contribution in [3.05, 3.63) is 29.8 Å². The molecule has 1 aliphatic heterocycles. The normalized spacial score (nSPS) is 22.7. The van der Waals surface area contributed by atoms with E-state index in [4.69, 9.17) is 0 Å². The number of para-hydroxylation sites is 1. The van der Waals surface area contributed by atoms with Crippen LogP contribution in [0.5, 0.6) is 0 Å². The lowest BCUT2D eigenvalue weighted by Crippen LogP contribution is -2.49. The van der Waals surface area contributed by atoms with Crippen LogP contribution < -0.4 is 10.2 Å². The number of rotatable bonds is 3. The summed E-state index contributed by atoms with van der Waals surface area (Å²) in [6.07, 6.45) is 4.59. The molecule has 1 amide bonds. The van der Waals surface area contributed by atoms with Gasteiger partial charge in [0.25, 0.3) is 0 Å². The van der Waals surface area contributed by atoms with Crippen LogP contribution in [-0.2, 0) is 11.2 Å². The molecule has 4 nitrogen and oxygen atoms in total. The third kappa shape index (κ3) is 2.61. The first-order chi connectivity index (χ1) is 10.1. The zero-order valence-corrected chi connectivity index (χ0v) is 12.4. The highest BCUT2D eigenvalue weighted by Crippen LogP contribution is 2.32. The first-order valence-corrected chi connectivity index (χ1v) is 7.70. The molecule has 4 heteroatoms. The quantitative estimate of drug-likeness (QED) is 0.926. The van der Waals surface area contributed by atoms with Crippen molar-refractivity contribution in [2.45, 2.75) is 50.6 Å². The van der Waals surface area contributed by atoms with E-state index in [-0.39, 0.29) is 5.91 Å². The second-order valence-corrected chi connectivity index (χ2v) is 6.26. The van der Waals surface area contributed by atoms with Crippen molar-refractivity contribution in [2.24, 2.45) is 0 Å². The smallest absolute Gasteiger partial charge is 0.240 e. The maximum absolute atomic E-state index is 12.4. The first-order valence-electron chi connectivity index (χ1n) is 7.70. The highest BCUT2D eigenvalue weighted by Gasteiger charge is 2.36. The molecule has 1 heterocycles. The predicted molar refractivity (Wildman–Crippen MR) is 81.9 cm³/mol. The van der Waals surface area contributed by atoms with Gasteiger partial charge < -0.3 is 10.2 Å². The number of nitrogens with zero attached hydrogens (tertiary/aromatic N) is 2. The molecular weight excluding hydrogens is 262 g/mol. The zero-order chi connectivity index (χ0) is 14.9. The summed E-state index contributed by atoms with van der Waals surface area (Å²) in [5.41, 5.74) is 1.82. The number of benzene rings is 1. The van der Waals surface area contributed by atoms with E-state index in [1.807, 2.05) is 12.1 Å². The number of amides is 1. The van der Waals surface area contributed by atoms with Gasteiger partial charge in [-0.2, -0.15) is 5.26 Å². The minimum atomic E-state index is -0.625. The molecule has 0 bridgehead atoms. The van der Waals surface area contributed by atoms with Crippen LogP contribution >= 0.6 is 0 Å². The molecule has 1 N–H and O–H groups in total. The molecule has 2 aliphatic rings. The molecule has 110 valence electrons. The lowest BCUT2D eigenvalue weighted by Gasteiger charge is -2.27. The fourth-order valence-electron chi connectivity index (χ4n) is 3.57. The average molecular weight is 283 g/mol. The van der Waals surface area contributed by atoms with Gasteiger partial charge in [-0.25, -0.2) is 0 Å². The summed E-state index contributed by atoms with van der Waals surface area (Å²) in [6.45, 7) is 2.48. The highest BCUT2D eigenvalue weighted by molar-refractivity contribution is 5.83. The largest absolute Gasteiger partial charge is 0.359 e. The summed E-state index contributed by atoms with van der Waals surface area (Å²) in [5.74, 6) is -0.0398. The van der Waals surface area contributed by atoms with Crippen LogP contribution in [-0.4, -0.2) is 24.0 Å². The van der Waals surface area contributed by atoms with Gasteiger partial charge in [0.15, 0.2) is 0 Å². The molecule has 0 radical (unpaired) electrons. The number of anilines is 1. The average Bonchev–Trinajstić information content (AvgIpc) is 3.05. The van der Waals surface area contributed by atoms with Crippen LogP contribution in [0.15, 0.2) is 24.3 Å². The molecular formula is C17H21N3O. The molecule has 0 spiro atoms. The third-order valence-electron chi connectivity index (χ3n) is 4.71. The van der Waals surface area contributed by atoms with Crippen molar-refractivity contribution in [1.82, 2.24) is 5.32 Å². The summed E-state index contributed by atoms with van der Waals surface area (Å²) in [4.78, 5) is 14.5. The van der Waals surface area contributed by atoms with E-state index >= 15 is 0 Å². The molecule has 1 aromatic rings. The van der Waals surface area contributed by atoms with E-state index in [2.05, 4.69) is 35.3 Å².